The lowest BCUT2D eigenvalue weighted by Gasteiger charge is -2.14. The van der Waals surface area contributed by atoms with Crippen molar-refractivity contribution >= 4 is 5.97 Å². The molecular weight excluding hydrogens is 216 g/mol. The molecule has 0 heterocycles. The summed E-state index contributed by atoms with van der Waals surface area (Å²) in [4.78, 5) is 11.6. The van der Waals surface area contributed by atoms with E-state index < -0.39 is 6.10 Å². The summed E-state index contributed by atoms with van der Waals surface area (Å²) in [5, 5.41) is 0. The minimum Gasteiger partial charge on any atom is -0.464 e. The normalized spacial score (nSPS) is 11.8. The van der Waals surface area contributed by atoms with E-state index in [1.54, 1.807) is 13.0 Å². The van der Waals surface area contributed by atoms with E-state index in [-0.39, 0.29) is 5.97 Å². The van der Waals surface area contributed by atoms with Crippen LogP contribution in [0.2, 0.25) is 0 Å². The van der Waals surface area contributed by atoms with Crippen LogP contribution in [0.3, 0.4) is 0 Å². The van der Waals surface area contributed by atoms with Gasteiger partial charge in [0.15, 0.2) is 6.10 Å². The summed E-state index contributed by atoms with van der Waals surface area (Å²) >= 11 is 0. The molecule has 3 nitrogen and oxygen atoms in total. The minimum absolute atomic E-state index is 0.330. The molecule has 0 N–H and O–H groups in total. The topological polar surface area (TPSA) is 35.5 Å². The van der Waals surface area contributed by atoms with Gasteiger partial charge in [0.2, 0.25) is 0 Å². The number of ether oxygens (including phenoxy) is 2. The first-order valence-corrected chi connectivity index (χ1v) is 5.71. The Labute approximate surface area is 102 Å². The first-order valence-electron chi connectivity index (χ1n) is 5.71. The van der Waals surface area contributed by atoms with Gasteiger partial charge in [-0.05, 0) is 12.5 Å². The molecule has 0 aliphatic heterocycles. The van der Waals surface area contributed by atoms with Crippen LogP contribution in [0, 0.1) is 0 Å². The van der Waals surface area contributed by atoms with E-state index >= 15 is 0 Å². The Balaban J connectivity index is 2.49. The molecule has 1 aromatic rings. The van der Waals surface area contributed by atoms with Crippen LogP contribution >= 0.6 is 0 Å². The first-order chi connectivity index (χ1) is 8.27. The van der Waals surface area contributed by atoms with Crippen molar-refractivity contribution < 1.29 is 14.3 Å². The molecule has 3 heteroatoms. The first kappa shape index (κ1) is 13.5. The van der Waals surface area contributed by atoms with Crippen LogP contribution in [-0.4, -0.2) is 18.7 Å². The standard InChI is InChI=1S/C14H18O3/c1-3-8-13(14(15)16-4-2)17-11-12-9-6-5-7-10-12/h3,5-7,9-10,13H,1,4,8,11H2,2H3. The summed E-state index contributed by atoms with van der Waals surface area (Å²) in [6, 6.07) is 9.72. The van der Waals surface area contributed by atoms with Gasteiger partial charge < -0.3 is 9.47 Å². The zero-order valence-corrected chi connectivity index (χ0v) is 10.1. The third-order valence-corrected chi connectivity index (χ3v) is 2.22. The lowest BCUT2D eigenvalue weighted by Crippen LogP contribution is -2.26. The van der Waals surface area contributed by atoms with Gasteiger partial charge in [0, 0.05) is 6.42 Å². The van der Waals surface area contributed by atoms with Crippen molar-refractivity contribution in [3.05, 3.63) is 48.6 Å². The summed E-state index contributed by atoms with van der Waals surface area (Å²) in [7, 11) is 0. The molecule has 92 valence electrons. The molecule has 0 radical (unpaired) electrons. The molecule has 0 bridgehead atoms. The third kappa shape index (κ3) is 4.83. The van der Waals surface area contributed by atoms with Crippen LogP contribution in [0.15, 0.2) is 43.0 Å². The summed E-state index contributed by atoms with van der Waals surface area (Å²) in [6.45, 7) is 6.15. The zero-order chi connectivity index (χ0) is 12.5. The minimum atomic E-state index is -0.562. The third-order valence-electron chi connectivity index (χ3n) is 2.22. The van der Waals surface area contributed by atoms with E-state index in [1.807, 2.05) is 30.3 Å². The highest BCUT2D eigenvalue weighted by Crippen LogP contribution is 2.08. The van der Waals surface area contributed by atoms with Gasteiger partial charge in [-0.2, -0.15) is 0 Å². The van der Waals surface area contributed by atoms with Gasteiger partial charge >= 0.3 is 5.97 Å². The Morgan fingerprint density at radius 1 is 1.41 bits per heavy atom. The van der Waals surface area contributed by atoms with Crippen LogP contribution in [0.25, 0.3) is 0 Å². The lowest BCUT2D eigenvalue weighted by atomic mass is 10.2. The van der Waals surface area contributed by atoms with Crippen molar-refractivity contribution in [2.75, 3.05) is 6.61 Å². The zero-order valence-electron chi connectivity index (χ0n) is 10.1. The number of carbonyl (C=O) groups is 1. The van der Waals surface area contributed by atoms with Crippen LogP contribution in [0.5, 0.6) is 0 Å². The van der Waals surface area contributed by atoms with Gasteiger partial charge in [0.25, 0.3) is 0 Å². The van der Waals surface area contributed by atoms with Gasteiger partial charge in [-0.25, -0.2) is 4.79 Å². The molecular formula is C14H18O3. The average molecular weight is 234 g/mol. The molecule has 1 unspecified atom stereocenters. The molecule has 1 atom stereocenters. The molecule has 0 spiro atoms. The second-order valence-corrected chi connectivity index (χ2v) is 3.56. The predicted molar refractivity (Wildman–Crippen MR) is 66.5 cm³/mol. The second kappa shape index (κ2) is 7.63. The largest absolute Gasteiger partial charge is 0.464 e. The number of hydrogen-bond donors (Lipinski definition) is 0. The summed E-state index contributed by atoms with van der Waals surface area (Å²) in [5.74, 6) is -0.330. The molecule has 0 aromatic heterocycles. The van der Waals surface area contributed by atoms with Crippen molar-refractivity contribution in [1.82, 2.24) is 0 Å². The highest BCUT2D eigenvalue weighted by molar-refractivity contribution is 5.74. The number of carbonyl (C=O) groups excluding carboxylic acids is 1. The van der Waals surface area contributed by atoms with E-state index in [1.165, 1.54) is 0 Å². The fraction of sp³-hybridized carbons (Fsp3) is 0.357. The van der Waals surface area contributed by atoms with Gasteiger partial charge in [0.1, 0.15) is 0 Å². The van der Waals surface area contributed by atoms with E-state index in [9.17, 15) is 4.79 Å². The maximum Gasteiger partial charge on any atom is 0.335 e. The van der Waals surface area contributed by atoms with E-state index in [0.29, 0.717) is 19.6 Å². The average Bonchev–Trinajstić information content (AvgIpc) is 2.36. The lowest BCUT2D eigenvalue weighted by molar-refractivity contribution is -0.157. The van der Waals surface area contributed by atoms with E-state index in [4.69, 9.17) is 9.47 Å². The summed E-state index contributed by atoms with van der Waals surface area (Å²) < 4.78 is 10.5. The van der Waals surface area contributed by atoms with Crippen molar-refractivity contribution in [2.45, 2.75) is 26.1 Å². The van der Waals surface area contributed by atoms with Crippen molar-refractivity contribution in [3.63, 3.8) is 0 Å². The van der Waals surface area contributed by atoms with Gasteiger partial charge in [0.05, 0.1) is 13.2 Å². The molecule has 17 heavy (non-hydrogen) atoms. The smallest absolute Gasteiger partial charge is 0.335 e. The second-order valence-electron chi connectivity index (χ2n) is 3.56. The van der Waals surface area contributed by atoms with Crippen LogP contribution in [0.1, 0.15) is 18.9 Å². The maximum atomic E-state index is 11.6. The molecule has 0 saturated heterocycles. The highest BCUT2D eigenvalue weighted by atomic mass is 16.6. The summed E-state index contributed by atoms with van der Waals surface area (Å²) in [6.07, 6.45) is 1.56. The quantitative estimate of drug-likeness (QED) is 0.537. The van der Waals surface area contributed by atoms with Crippen molar-refractivity contribution in [2.24, 2.45) is 0 Å². The number of esters is 1. The fourth-order valence-electron chi connectivity index (χ4n) is 1.39. The number of hydrogen-bond acceptors (Lipinski definition) is 3. The molecule has 0 saturated carbocycles. The van der Waals surface area contributed by atoms with Crippen molar-refractivity contribution in [1.29, 1.82) is 0 Å². The molecule has 0 aliphatic carbocycles. The van der Waals surface area contributed by atoms with Gasteiger partial charge in [-0.15, -0.1) is 6.58 Å². The SMILES string of the molecule is C=CCC(OCc1ccccc1)C(=O)OCC. The van der Waals surface area contributed by atoms with Crippen LogP contribution in [0.4, 0.5) is 0 Å². The van der Waals surface area contributed by atoms with E-state index in [0.717, 1.165) is 5.56 Å². The highest BCUT2D eigenvalue weighted by Gasteiger charge is 2.18. The molecule has 1 aromatic carbocycles. The van der Waals surface area contributed by atoms with Gasteiger partial charge in [-0.1, -0.05) is 36.4 Å². The molecule has 0 amide bonds. The molecule has 0 aliphatic rings. The Morgan fingerprint density at radius 2 is 2.12 bits per heavy atom. The van der Waals surface area contributed by atoms with Crippen LogP contribution < -0.4 is 0 Å². The monoisotopic (exact) mass is 234 g/mol. The Bertz CT molecular complexity index is 346. The fourth-order valence-corrected chi connectivity index (χ4v) is 1.39. The molecule has 0 fully saturated rings. The number of rotatable bonds is 7. The predicted octanol–water partition coefficient (Wildman–Crippen LogP) is 2.71. The maximum absolute atomic E-state index is 11.6. The Hall–Kier alpha value is -1.61. The summed E-state index contributed by atoms with van der Waals surface area (Å²) in [5.41, 5.74) is 1.03. The Morgan fingerprint density at radius 3 is 2.71 bits per heavy atom. The Kier molecular flexibility index (Phi) is 6.04. The molecule has 1 rings (SSSR count). The van der Waals surface area contributed by atoms with E-state index in [2.05, 4.69) is 6.58 Å². The van der Waals surface area contributed by atoms with Crippen LogP contribution in [-0.2, 0) is 20.9 Å². The van der Waals surface area contributed by atoms with Gasteiger partial charge in [-0.3, -0.25) is 0 Å². The number of benzene rings is 1. The van der Waals surface area contributed by atoms with Crippen molar-refractivity contribution in [3.8, 4) is 0 Å².